The van der Waals surface area contributed by atoms with E-state index in [1.807, 2.05) is 12.1 Å². The van der Waals surface area contributed by atoms with E-state index in [9.17, 15) is 0 Å². The minimum absolute atomic E-state index is 0.445. The molecule has 0 aliphatic heterocycles. The molecule has 0 unspecified atom stereocenters. The van der Waals surface area contributed by atoms with Crippen molar-refractivity contribution in [3.8, 4) is 0 Å². The molecule has 0 saturated carbocycles. The maximum Gasteiger partial charge on any atom is 0.0928 e. The number of halogens is 3. The molecule has 90 valence electrons. The molecule has 1 heterocycles. The topological polar surface area (TPSA) is 38.9 Å². The molecule has 17 heavy (non-hydrogen) atoms. The number of aromatic nitrogens is 1. The molecule has 0 bridgehead atoms. The highest BCUT2D eigenvalue weighted by Gasteiger charge is 2.12. The summed E-state index contributed by atoms with van der Waals surface area (Å²) in [6.45, 7) is 2.10. The van der Waals surface area contributed by atoms with Crippen LogP contribution in [0.4, 0.5) is 5.69 Å². The summed E-state index contributed by atoms with van der Waals surface area (Å²) in [4.78, 5) is 4.51. The minimum Gasteiger partial charge on any atom is -0.398 e. The van der Waals surface area contributed by atoms with E-state index in [2.05, 4.69) is 27.8 Å². The van der Waals surface area contributed by atoms with Gasteiger partial charge in [0.05, 0.1) is 15.6 Å². The molecule has 0 radical (unpaired) electrons. The van der Waals surface area contributed by atoms with Gasteiger partial charge in [0.25, 0.3) is 0 Å². The average molecular weight is 334 g/mol. The van der Waals surface area contributed by atoms with E-state index in [1.165, 1.54) is 0 Å². The molecule has 2 aromatic rings. The van der Waals surface area contributed by atoms with Crippen LogP contribution in [-0.2, 0) is 6.42 Å². The molecular weight excluding hydrogens is 323 g/mol. The molecule has 5 heteroatoms. The molecule has 2 N–H and O–H groups in total. The molecule has 2 nitrogen and oxygen atoms in total. The quantitative estimate of drug-likeness (QED) is 0.799. The zero-order chi connectivity index (χ0) is 12.6. The summed E-state index contributed by atoms with van der Waals surface area (Å²) in [5, 5.41) is 1.74. The first-order chi connectivity index (χ1) is 8.04. The van der Waals surface area contributed by atoms with Crippen molar-refractivity contribution in [3.05, 3.63) is 32.3 Å². The van der Waals surface area contributed by atoms with Crippen molar-refractivity contribution in [2.75, 3.05) is 5.73 Å². The third-order valence-corrected chi connectivity index (χ3v) is 4.24. The SMILES string of the molecule is CCCc1cc(N)c2cc(Br)c(Cl)c(Cl)c2n1. The van der Waals surface area contributed by atoms with Gasteiger partial charge < -0.3 is 5.73 Å². The van der Waals surface area contributed by atoms with Crippen LogP contribution in [0.15, 0.2) is 16.6 Å². The minimum atomic E-state index is 0.445. The van der Waals surface area contributed by atoms with Crippen molar-refractivity contribution in [3.63, 3.8) is 0 Å². The number of aryl methyl sites for hydroxylation is 1. The summed E-state index contributed by atoms with van der Waals surface area (Å²) >= 11 is 15.6. The van der Waals surface area contributed by atoms with Crippen LogP contribution in [0.25, 0.3) is 10.9 Å². The highest BCUT2D eigenvalue weighted by molar-refractivity contribution is 9.10. The number of fused-ring (bicyclic) bond motifs is 1. The largest absolute Gasteiger partial charge is 0.398 e. The standard InChI is InChI=1S/C12H11BrCl2N2/c1-2-3-6-4-9(16)7-5-8(13)10(14)11(15)12(7)17-6/h4-5H,2-3H2,1H3,(H2,16,17). The third kappa shape index (κ3) is 2.37. The smallest absolute Gasteiger partial charge is 0.0928 e. The Balaban J connectivity index is 2.78. The van der Waals surface area contributed by atoms with Gasteiger partial charge in [0, 0.05) is 21.2 Å². The number of hydrogen-bond donors (Lipinski definition) is 1. The lowest BCUT2D eigenvalue weighted by molar-refractivity contribution is 0.890. The Bertz CT molecular complexity index is 584. The molecule has 0 spiro atoms. The Hall–Kier alpha value is -0.510. The van der Waals surface area contributed by atoms with Crippen molar-refractivity contribution in [1.82, 2.24) is 4.98 Å². The number of hydrogen-bond acceptors (Lipinski definition) is 2. The molecule has 0 aliphatic carbocycles. The predicted octanol–water partition coefficient (Wildman–Crippen LogP) is 4.84. The number of rotatable bonds is 2. The third-order valence-electron chi connectivity index (χ3n) is 2.53. The summed E-state index contributed by atoms with van der Waals surface area (Å²) in [7, 11) is 0. The Morgan fingerprint density at radius 1 is 1.29 bits per heavy atom. The van der Waals surface area contributed by atoms with Crippen LogP contribution in [-0.4, -0.2) is 4.98 Å². The van der Waals surface area contributed by atoms with Crippen molar-refractivity contribution >= 4 is 55.7 Å². The van der Waals surface area contributed by atoms with Gasteiger partial charge in [0.2, 0.25) is 0 Å². The normalized spacial score (nSPS) is 11.1. The molecule has 0 fully saturated rings. The number of pyridine rings is 1. The van der Waals surface area contributed by atoms with Crippen LogP contribution >= 0.6 is 39.1 Å². The van der Waals surface area contributed by atoms with Gasteiger partial charge in [-0.05, 0) is 34.5 Å². The number of anilines is 1. The summed E-state index contributed by atoms with van der Waals surface area (Å²) in [5.41, 5.74) is 8.30. The van der Waals surface area contributed by atoms with Crippen molar-refractivity contribution < 1.29 is 0 Å². The Labute approximate surface area is 118 Å². The summed E-state index contributed by atoms with van der Waals surface area (Å²) in [5.74, 6) is 0. The number of benzene rings is 1. The van der Waals surface area contributed by atoms with Gasteiger partial charge in [0.1, 0.15) is 0 Å². The van der Waals surface area contributed by atoms with Gasteiger partial charge in [-0.25, -0.2) is 0 Å². The van der Waals surface area contributed by atoms with Crippen LogP contribution in [0.3, 0.4) is 0 Å². The summed E-state index contributed by atoms with van der Waals surface area (Å²) in [6, 6.07) is 3.74. The number of nitrogen functional groups attached to an aromatic ring is 1. The average Bonchev–Trinajstić information content (AvgIpc) is 2.29. The van der Waals surface area contributed by atoms with E-state index in [-0.39, 0.29) is 0 Å². The van der Waals surface area contributed by atoms with Crippen LogP contribution in [0.2, 0.25) is 10.0 Å². The lowest BCUT2D eigenvalue weighted by atomic mass is 10.1. The van der Waals surface area contributed by atoms with Gasteiger partial charge in [-0.2, -0.15) is 0 Å². The lowest BCUT2D eigenvalue weighted by Gasteiger charge is -2.09. The van der Waals surface area contributed by atoms with E-state index < -0.39 is 0 Å². The van der Waals surface area contributed by atoms with E-state index in [0.717, 1.165) is 28.4 Å². The lowest BCUT2D eigenvalue weighted by Crippen LogP contribution is -1.96. The van der Waals surface area contributed by atoms with Crippen LogP contribution in [0.1, 0.15) is 19.0 Å². The van der Waals surface area contributed by atoms with Crippen molar-refractivity contribution in [1.29, 1.82) is 0 Å². The van der Waals surface area contributed by atoms with Gasteiger partial charge in [-0.1, -0.05) is 36.5 Å². The molecule has 0 atom stereocenters. The number of nitrogens with zero attached hydrogens (tertiary/aromatic N) is 1. The maximum atomic E-state index is 6.20. The first-order valence-electron chi connectivity index (χ1n) is 5.27. The summed E-state index contributed by atoms with van der Waals surface area (Å²) < 4.78 is 0.730. The second-order valence-corrected chi connectivity index (χ2v) is 5.45. The summed E-state index contributed by atoms with van der Waals surface area (Å²) in [6.07, 6.45) is 1.89. The van der Waals surface area contributed by atoms with Crippen LogP contribution in [0.5, 0.6) is 0 Å². The highest BCUT2D eigenvalue weighted by Crippen LogP contribution is 2.38. The van der Waals surface area contributed by atoms with Crippen LogP contribution < -0.4 is 5.73 Å². The Morgan fingerprint density at radius 3 is 2.65 bits per heavy atom. The molecule has 1 aromatic heterocycles. The number of nitrogens with two attached hydrogens (primary N) is 1. The first kappa shape index (κ1) is 12.9. The predicted molar refractivity (Wildman–Crippen MR) is 77.9 cm³/mol. The first-order valence-corrected chi connectivity index (χ1v) is 6.82. The molecule has 1 aromatic carbocycles. The van der Waals surface area contributed by atoms with Gasteiger partial charge in [-0.3, -0.25) is 4.98 Å². The monoisotopic (exact) mass is 332 g/mol. The van der Waals surface area contributed by atoms with Gasteiger partial charge >= 0.3 is 0 Å². The van der Waals surface area contributed by atoms with Gasteiger partial charge in [0.15, 0.2) is 0 Å². The fraction of sp³-hybridized carbons (Fsp3) is 0.250. The van der Waals surface area contributed by atoms with Gasteiger partial charge in [-0.15, -0.1) is 0 Å². The second-order valence-electron chi connectivity index (χ2n) is 3.84. The van der Waals surface area contributed by atoms with E-state index in [0.29, 0.717) is 21.2 Å². The van der Waals surface area contributed by atoms with Crippen molar-refractivity contribution in [2.45, 2.75) is 19.8 Å². The fourth-order valence-electron chi connectivity index (χ4n) is 1.73. The van der Waals surface area contributed by atoms with Crippen molar-refractivity contribution in [2.24, 2.45) is 0 Å². The molecule has 2 rings (SSSR count). The van der Waals surface area contributed by atoms with E-state index in [4.69, 9.17) is 28.9 Å². The molecular formula is C12H11BrCl2N2. The Morgan fingerprint density at radius 2 is 2.00 bits per heavy atom. The highest BCUT2D eigenvalue weighted by atomic mass is 79.9. The fourth-order valence-corrected chi connectivity index (χ4v) is 2.66. The maximum absolute atomic E-state index is 6.20. The zero-order valence-electron chi connectivity index (χ0n) is 9.23. The van der Waals surface area contributed by atoms with E-state index >= 15 is 0 Å². The zero-order valence-corrected chi connectivity index (χ0v) is 12.3. The second kappa shape index (κ2) is 5.01. The molecule has 0 saturated heterocycles. The van der Waals surface area contributed by atoms with Crippen LogP contribution in [0, 0.1) is 0 Å². The molecule has 0 aliphatic rings. The molecule has 0 amide bonds. The van der Waals surface area contributed by atoms with E-state index in [1.54, 1.807) is 0 Å². The Kier molecular flexibility index (Phi) is 3.81.